The van der Waals surface area contributed by atoms with E-state index in [1.807, 2.05) is 24.3 Å². The van der Waals surface area contributed by atoms with Gasteiger partial charge in [-0.15, -0.1) is 26.3 Å². The second kappa shape index (κ2) is 7.21. The molecule has 0 aliphatic carbocycles. The first kappa shape index (κ1) is 17.9. The number of rotatable bonds is 10. The molecule has 0 amide bonds. The van der Waals surface area contributed by atoms with Crippen molar-refractivity contribution in [3.05, 3.63) is 50.6 Å². The van der Waals surface area contributed by atoms with Crippen LogP contribution in [0.1, 0.15) is 38.5 Å². The summed E-state index contributed by atoms with van der Waals surface area (Å²) in [6.45, 7) is 16.1. The van der Waals surface area contributed by atoms with Gasteiger partial charge in [0.05, 0.1) is 11.1 Å². The third kappa shape index (κ3) is 3.05. The van der Waals surface area contributed by atoms with Gasteiger partial charge in [0.25, 0.3) is 0 Å². The Labute approximate surface area is 129 Å². The standard InChI is InChI=1S/C18H30N2O/c1-5-10-16(19,11-6-2)18(14-9-15-21-18)17(20,12-7-3)13-8-4/h5-8H,1-4,9-15,19-20H2. The first-order valence-electron chi connectivity index (χ1n) is 7.60. The topological polar surface area (TPSA) is 61.3 Å². The molecule has 3 heteroatoms. The first-order chi connectivity index (χ1) is 9.95. The van der Waals surface area contributed by atoms with Crippen LogP contribution in [-0.4, -0.2) is 23.3 Å². The van der Waals surface area contributed by atoms with Gasteiger partial charge in [-0.1, -0.05) is 24.3 Å². The van der Waals surface area contributed by atoms with E-state index in [0.29, 0.717) is 32.3 Å². The van der Waals surface area contributed by atoms with E-state index in [1.165, 1.54) is 0 Å². The SMILES string of the molecule is C=CCC(N)(CC=C)C1(C(N)(CC=C)CC=C)CCCO1. The Hall–Kier alpha value is -1.16. The molecule has 1 rings (SSSR count). The summed E-state index contributed by atoms with van der Waals surface area (Å²) >= 11 is 0. The highest BCUT2D eigenvalue weighted by Gasteiger charge is 2.60. The summed E-state index contributed by atoms with van der Waals surface area (Å²) in [4.78, 5) is 0. The molecule has 0 unspecified atom stereocenters. The monoisotopic (exact) mass is 290 g/mol. The van der Waals surface area contributed by atoms with Gasteiger partial charge in [-0.3, -0.25) is 0 Å². The third-order valence-electron chi connectivity index (χ3n) is 4.66. The molecule has 0 saturated carbocycles. The summed E-state index contributed by atoms with van der Waals surface area (Å²) in [6.07, 6.45) is 11.7. The molecule has 1 fully saturated rings. The molecule has 0 aromatic carbocycles. The molecule has 4 N–H and O–H groups in total. The van der Waals surface area contributed by atoms with Gasteiger partial charge in [-0.25, -0.2) is 0 Å². The fraction of sp³-hybridized carbons (Fsp3) is 0.556. The van der Waals surface area contributed by atoms with E-state index < -0.39 is 16.7 Å². The van der Waals surface area contributed by atoms with Gasteiger partial charge in [0.1, 0.15) is 5.60 Å². The molecule has 118 valence electrons. The Balaban J connectivity index is 3.39. The number of hydrogen-bond donors (Lipinski definition) is 2. The van der Waals surface area contributed by atoms with Crippen LogP contribution in [0.25, 0.3) is 0 Å². The maximum atomic E-state index is 6.79. The molecule has 21 heavy (non-hydrogen) atoms. The molecule has 1 heterocycles. The quantitative estimate of drug-likeness (QED) is 0.607. The molecule has 0 atom stereocenters. The molecule has 0 radical (unpaired) electrons. The van der Waals surface area contributed by atoms with Crippen LogP contribution < -0.4 is 11.5 Å². The molecule has 1 aliphatic heterocycles. The number of ether oxygens (including phenoxy) is 1. The van der Waals surface area contributed by atoms with E-state index in [2.05, 4.69) is 26.3 Å². The van der Waals surface area contributed by atoms with Crippen molar-refractivity contribution in [1.82, 2.24) is 0 Å². The summed E-state index contributed by atoms with van der Waals surface area (Å²) in [5.41, 5.74) is 11.7. The molecule has 0 spiro atoms. The lowest BCUT2D eigenvalue weighted by Crippen LogP contribution is -2.74. The van der Waals surface area contributed by atoms with Crippen molar-refractivity contribution in [2.24, 2.45) is 11.5 Å². The van der Waals surface area contributed by atoms with E-state index in [9.17, 15) is 0 Å². The van der Waals surface area contributed by atoms with Crippen LogP contribution in [0.3, 0.4) is 0 Å². The average Bonchev–Trinajstić information content (AvgIpc) is 2.91. The van der Waals surface area contributed by atoms with Crippen molar-refractivity contribution >= 4 is 0 Å². The predicted molar refractivity (Wildman–Crippen MR) is 91.0 cm³/mol. The van der Waals surface area contributed by atoms with Crippen LogP contribution in [0.5, 0.6) is 0 Å². The van der Waals surface area contributed by atoms with Gasteiger partial charge in [0.15, 0.2) is 0 Å². The second-order valence-electron chi connectivity index (χ2n) is 6.06. The summed E-state index contributed by atoms with van der Waals surface area (Å²) in [5.74, 6) is 0. The van der Waals surface area contributed by atoms with Crippen LogP contribution in [0, 0.1) is 0 Å². The largest absolute Gasteiger partial charge is 0.371 e. The lowest BCUT2D eigenvalue weighted by molar-refractivity contribution is -0.111. The predicted octanol–water partition coefficient (Wildman–Crippen LogP) is 3.24. The van der Waals surface area contributed by atoms with Gasteiger partial charge >= 0.3 is 0 Å². The molecule has 0 aromatic rings. The van der Waals surface area contributed by atoms with E-state index in [4.69, 9.17) is 16.2 Å². The summed E-state index contributed by atoms with van der Waals surface area (Å²) in [7, 11) is 0. The lowest BCUT2D eigenvalue weighted by Gasteiger charge is -2.54. The molecular formula is C18H30N2O. The third-order valence-corrected chi connectivity index (χ3v) is 4.66. The molecule has 1 saturated heterocycles. The Morgan fingerprint density at radius 1 is 0.857 bits per heavy atom. The van der Waals surface area contributed by atoms with Crippen LogP contribution in [0.4, 0.5) is 0 Å². The van der Waals surface area contributed by atoms with Crippen molar-refractivity contribution < 1.29 is 4.74 Å². The Morgan fingerprint density at radius 3 is 1.48 bits per heavy atom. The zero-order valence-electron chi connectivity index (χ0n) is 13.2. The minimum atomic E-state index is -0.620. The Kier molecular flexibility index (Phi) is 6.14. The zero-order valence-corrected chi connectivity index (χ0v) is 13.2. The van der Waals surface area contributed by atoms with E-state index in [0.717, 1.165) is 12.8 Å². The summed E-state index contributed by atoms with van der Waals surface area (Å²) in [6, 6.07) is 0. The summed E-state index contributed by atoms with van der Waals surface area (Å²) in [5, 5.41) is 0. The van der Waals surface area contributed by atoms with Crippen molar-refractivity contribution in [2.45, 2.75) is 55.2 Å². The van der Waals surface area contributed by atoms with E-state index in [1.54, 1.807) is 0 Å². The molecule has 1 aliphatic rings. The van der Waals surface area contributed by atoms with Crippen LogP contribution in [0.2, 0.25) is 0 Å². The normalized spacial score (nSPS) is 18.2. The lowest BCUT2D eigenvalue weighted by atomic mass is 9.61. The van der Waals surface area contributed by atoms with Crippen molar-refractivity contribution in [1.29, 1.82) is 0 Å². The Morgan fingerprint density at radius 2 is 1.24 bits per heavy atom. The van der Waals surface area contributed by atoms with Crippen molar-refractivity contribution in [3.8, 4) is 0 Å². The first-order valence-corrected chi connectivity index (χ1v) is 7.60. The van der Waals surface area contributed by atoms with Crippen LogP contribution >= 0.6 is 0 Å². The van der Waals surface area contributed by atoms with Gasteiger partial charge in [-0.05, 0) is 38.5 Å². The molecule has 3 nitrogen and oxygen atoms in total. The number of nitrogens with two attached hydrogens (primary N) is 2. The van der Waals surface area contributed by atoms with Crippen LogP contribution in [-0.2, 0) is 4.74 Å². The average molecular weight is 290 g/mol. The van der Waals surface area contributed by atoms with E-state index in [-0.39, 0.29) is 0 Å². The van der Waals surface area contributed by atoms with Crippen molar-refractivity contribution in [2.75, 3.05) is 6.61 Å². The Bertz CT molecular complexity index is 342. The minimum absolute atomic E-state index is 0.617. The molecule has 0 aromatic heterocycles. The van der Waals surface area contributed by atoms with Gasteiger partial charge < -0.3 is 16.2 Å². The van der Waals surface area contributed by atoms with E-state index >= 15 is 0 Å². The van der Waals surface area contributed by atoms with Gasteiger partial charge in [0, 0.05) is 6.61 Å². The molecule has 0 bridgehead atoms. The van der Waals surface area contributed by atoms with Gasteiger partial charge in [-0.2, -0.15) is 0 Å². The zero-order chi connectivity index (χ0) is 16.0. The highest BCUT2D eigenvalue weighted by molar-refractivity contribution is 5.23. The number of hydrogen-bond acceptors (Lipinski definition) is 3. The second-order valence-corrected chi connectivity index (χ2v) is 6.06. The minimum Gasteiger partial charge on any atom is -0.371 e. The highest BCUT2D eigenvalue weighted by Crippen LogP contribution is 2.48. The summed E-state index contributed by atoms with van der Waals surface area (Å²) < 4.78 is 6.24. The smallest absolute Gasteiger partial charge is 0.105 e. The maximum absolute atomic E-state index is 6.79. The van der Waals surface area contributed by atoms with Crippen LogP contribution in [0.15, 0.2) is 50.6 Å². The fourth-order valence-corrected chi connectivity index (χ4v) is 3.78. The van der Waals surface area contributed by atoms with Crippen molar-refractivity contribution in [3.63, 3.8) is 0 Å². The molecular weight excluding hydrogens is 260 g/mol. The fourth-order valence-electron chi connectivity index (χ4n) is 3.78. The van der Waals surface area contributed by atoms with Gasteiger partial charge in [0.2, 0.25) is 0 Å². The highest BCUT2D eigenvalue weighted by atomic mass is 16.5. The maximum Gasteiger partial charge on any atom is 0.105 e.